The van der Waals surface area contributed by atoms with Crippen molar-refractivity contribution in [2.75, 3.05) is 11.9 Å². The van der Waals surface area contributed by atoms with Crippen molar-refractivity contribution >= 4 is 78.7 Å². The van der Waals surface area contributed by atoms with Gasteiger partial charge in [0.15, 0.2) is 0 Å². The maximum absolute atomic E-state index is 3.61. The summed E-state index contributed by atoms with van der Waals surface area (Å²) in [5.74, 6) is 0. The molecule has 0 fully saturated rings. The van der Waals surface area contributed by atoms with E-state index < -0.39 is 0 Å². The first kappa shape index (κ1) is 17.5. The van der Waals surface area contributed by atoms with Crippen LogP contribution in [-0.2, 0) is 0 Å². The summed E-state index contributed by atoms with van der Waals surface area (Å²) in [7, 11) is 0. The zero-order valence-corrected chi connectivity index (χ0v) is 18.2. The number of benzene rings is 2. The van der Waals surface area contributed by atoms with Crippen LogP contribution in [0.15, 0.2) is 36.4 Å². The van der Waals surface area contributed by atoms with E-state index in [0.29, 0.717) is 0 Å². The summed E-state index contributed by atoms with van der Waals surface area (Å²) in [4.78, 5) is 0. The number of fused-ring (bicyclic) bond motifs is 7. The number of hydrogen-bond acceptors (Lipinski definition) is 4. The smallest absolute Gasteiger partial charge is 0.0642 e. The lowest BCUT2D eigenvalue weighted by molar-refractivity contribution is 0.685. The number of rotatable bonds is 6. The monoisotopic (exact) mass is 409 g/mol. The van der Waals surface area contributed by atoms with Gasteiger partial charge in [0, 0.05) is 32.4 Å². The number of hydrogen-bond donors (Lipinski definition) is 1. The molecule has 1 nitrogen and oxygen atoms in total. The van der Waals surface area contributed by atoms with Gasteiger partial charge in [-0.1, -0.05) is 44.4 Å². The molecule has 0 bridgehead atoms. The minimum absolute atomic E-state index is 1.07. The highest BCUT2D eigenvalue weighted by molar-refractivity contribution is 7.43. The van der Waals surface area contributed by atoms with Crippen LogP contribution < -0.4 is 5.32 Å². The van der Waals surface area contributed by atoms with Crippen molar-refractivity contribution in [3.63, 3.8) is 0 Å². The minimum atomic E-state index is 1.07. The van der Waals surface area contributed by atoms with Crippen molar-refractivity contribution in [1.29, 1.82) is 0 Å². The van der Waals surface area contributed by atoms with Crippen LogP contribution in [0, 0.1) is 6.92 Å². The molecule has 4 heteroatoms. The van der Waals surface area contributed by atoms with Crippen LogP contribution in [0.2, 0.25) is 0 Å². The Bertz CT molecular complexity index is 1250. The van der Waals surface area contributed by atoms with Gasteiger partial charge < -0.3 is 5.32 Å². The molecule has 1 N–H and O–H groups in total. The summed E-state index contributed by atoms with van der Waals surface area (Å²) in [5, 5.41) is 6.45. The van der Waals surface area contributed by atoms with E-state index in [1.165, 1.54) is 75.9 Å². The normalized spacial score (nSPS) is 12.1. The van der Waals surface area contributed by atoms with E-state index in [-0.39, 0.29) is 0 Å². The van der Waals surface area contributed by atoms with E-state index in [2.05, 4.69) is 55.6 Å². The molecule has 138 valence electrons. The zero-order chi connectivity index (χ0) is 18.4. The highest BCUT2D eigenvalue weighted by Crippen LogP contribution is 2.50. The number of nitrogens with one attached hydrogen (secondary N) is 1. The Labute approximate surface area is 171 Å². The van der Waals surface area contributed by atoms with Gasteiger partial charge in [0.05, 0.1) is 18.8 Å². The fourth-order valence-corrected chi connectivity index (χ4v) is 8.15. The maximum atomic E-state index is 3.61. The van der Waals surface area contributed by atoms with Crippen molar-refractivity contribution < 1.29 is 0 Å². The second-order valence-corrected chi connectivity index (χ2v) is 10.4. The first-order valence-corrected chi connectivity index (χ1v) is 12.2. The summed E-state index contributed by atoms with van der Waals surface area (Å²) in [5.41, 5.74) is 2.61. The molecule has 27 heavy (non-hydrogen) atoms. The van der Waals surface area contributed by atoms with Crippen LogP contribution in [-0.4, -0.2) is 6.54 Å². The fraction of sp³-hybridized carbons (Fsp3) is 0.304. The number of aryl methyl sites for hydroxylation is 1. The molecule has 3 aromatic heterocycles. The molecule has 0 saturated heterocycles. The van der Waals surface area contributed by atoms with Crippen molar-refractivity contribution in [2.24, 2.45) is 0 Å². The number of unbranched alkanes of at least 4 members (excludes halogenated alkanes) is 3. The second kappa shape index (κ2) is 7.08. The first-order valence-electron chi connectivity index (χ1n) is 9.76. The highest BCUT2D eigenvalue weighted by Gasteiger charge is 2.16. The average molecular weight is 410 g/mol. The van der Waals surface area contributed by atoms with E-state index in [4.69, 9.17) is 0 Å². The minimum Gasteiger partial charge on any atom is -0.385 e. The predicted octanol–water partition coefficient (Wildman–Crippen LogP) is 8.78. The van der Waals surface area contributed by atoms with Gasteiger partial charge in [-0.2, -0.15) is 0 Å². The van der Waals surface area contributed by atoms with Gasteiger partial charge in [-0.25, -0.2) is 0 Å². The quantitative estimate of drug-likeness (QED) is 0.276. The Morgan fingerprint density at radius 3 is 2.19 bits per heavy atom. The summed E-state index contributed by atoms with van der Waals surface area (Å²) < 4.78 is 8.72. The molecule has 0 saturated carbocycles. The second-order valence-electron chi connectivity index (χ2n) is 7.32. The van der Waals surface area contributed by atoms with Crippen LogP contribution in [0.4, 0.5) is 5.69 Å². The molecule has 2 aromatic carbocycles. The molecule has 0 aliphatic carbocycles. The predicted molar refractivity (Wildman–Crippen MR) is 127 cm³/mol. The third-order valence-electron chi connectivity index (χ3n) is 5.21. The molecule has 0 spiro atoms. The van der Waals surface area contributed by atoms with E-state index in [9.17, 15) is 0 Å². The van der Waals surface area contributed by atoms with Crippen LogP contribution in [0.25, 0.3) is 39.0 Å². The van der Waals surface area contributed by atoms with E-state index in [0.717, 1.165) is 6.54 Å². The molecule has 0 atom stereocenters. The Morgan fingerprint density at radius 2 is 1.44 bits per heavy atom. The summed E-state index contributed by atoms with van der Waals surface area (Å²) in [6.07, 6.45) is 5.22. The molecular formula is C23H23NS3. The zero-order valence-electron chi connectivity index (χ0n) is 15.7. The highest BCUT2D eigenvalue weighted by atomic mass is 32.1. The molecule has 0 aliphatic heterocycles. The van der Waals surface area contributed by atoms with Gasteiger partial charge in [-0.15, -0.1) is 34.0 Å². The maximum Gasteiger partial charge on any atom is 0.0642 e. The molecule has 0 aliphatic rings. The topological polar surface area (TPSA) is 12.0 Å². The molecular weight excluding hydrogens is 386 g/mol. The number of thiophene rings is 3. The van der Waals surface area contributed by atoms with Gasteiger partial charge in [0.25, 0.3) is 0 Å². The Balaban J connectivity index is 1.52. The average Bonchev–Trinajstić information content (AvgIpc) is 3.29. The van der Waals surface area contributed by atoms with Gasteiger partial charge in [-0.3, -0.25) is 0 Å². The summed E-state index contributed by atoms with van der Waals surface area (Å²) in [6.45, 7) is 5.52. The molecule has 3 heterocycles. The van der Waals surface area contributed by atoms with Crippen LogP contribution in [0.3, 0.4) is 0 Å². The third-order valence-corrected chi connectivity index (χ3v) is 9.20. The Kier molecular flexibility index (Phi) is 4.58. The van der Waals surface area contributed by atoms with E-state index >= 15 is 0 Å². The lowest BCUT2D eigenvalue weighted by Gasteiger charge is -2.06. The molecule has 5 aromatic rings. The fourth-order valence-electron chi connectivity index (χ4n) is 3.75. The van der Waals surface area contributed by atoms with Gasteiger partial charge >= 0.3 is 0 Å². The van der Waals surface area contributed by atoms with E-state index in [1.54, 1.807) is 0 Å². The molecule has 0 radical (unpaired) electrons. The molecule has 0 amide bonds. The standard InChI is InChI=1S/C23H23NS3/c1-3-4-5-6-11-24-15-8-10-17-19(13-15)26-23-21(17)27-20-16-9-7-14(2)12-18(16)25-22(20)23/h7-10,12-13,24H,3-6,11H2,1-2H3. The van der Waals surface area contributed by atoms with Gasteiger partial charge in [-0.05, 0) is 37.1 Å². The Hall–Kier alpha value is -1.62. The van der Waals surface area contributed by atoms with Crippen LogP contribution in [0.1, 0.15) is 38.2 Å². The Morgan fingerprint density at radius 1 is 0.741 bits per heavy atom. The largest absolute Gasteiger partial charge is 0.385 e. The van der Waals surface area contributed by atoms with Crippen LogP contribution >= 0.6 is 34.0 Å². The first-order chi connectivity index (χ1) is 13.2. The molecule has 5 rings (SSSR count). The van der Waals surface area contributed by atoms with Gasteiger partial charge in [0.1, 0.15) is 0 Å². The van der Waals surface area contributed by atoms with Gasteiger partial charge in [0.2, 0.25) is 0 Å². The third kappa shape index (κ3) is 3.04. The van der Waals surface area contributed by atoms with Crippen molar-refractivity contribution in [2.45, 2.75) is 39.5 Å². The molecule has 0 unspecified atom stereocenters. The van der Waals surface area contributed by atoms with Crippen molar-refractivity contribution in [3.05, 3.63) is 42.0 Å². The SMILES string of the molecule is CCCCCCNc1ccc2c(c1)sc1c2sc2c3ccc(C)cc3sc21. The lowest BCUT2D eigenvalue weighted by Crippen LogP contribution is -2.00. The lowest BCUT2D eigenvalue weighted by atomic mass is 10.2. The van der Waals surface area contributed by atoms with E-state index in [1.807, 2.05) is 34.0 Å². The number of anilines is 1. The summed E-state index contributed by atoms with van der Waals surface area (Å²) >= 11 is 5.89. The van der Waals surface area contributed by atoms with Crippen molar-refractivity contribution in [3.8, 4) is 0 Å². The summed E-state index contributed by atoms with van der Waals surface area (Å²) in [6, 6.07) is 13.8. The van der Waals surface area contributed by atoms with Crippen LogP contribution in [0.5, 0.6) is 0 Å². The van der Waals surface area contributed by atoms with Crippen molar-refractivity contribution in [1.82, 2.24) is 0 Å².